The molecule has 1 N–H and O–H groups in total. The molecule has 0 saturated heterocycles. The number of hydrogen-bond acceptors (Lipinski definition) is 6. The van der Waals surface area contributed by atoms with Gasteiger partial charge in [-0.2, -0.15) is 5.26 Å². The predicted molar refractivity (Wildman–Crippen MR) is 131 cm³/mol. The number of oxazole rings is 1. The second kappa shape index (κ2) is 11.4. The topological polar surface area (TPSA) is 68.3 Å². The van der Waals surface area contributed by atoms with Gasteiger partial charge in [-0.3, -0.25) is 0 Å². The average molecular weight is 438 g/mol. The Labute approximate surface area is 193 Å². The lowest BCUT2D eigenvalue weighted by atomic mass is 9.80. The van der Waals surface area contributed by atoms with E-state index in [4.69, 9.17) is 4.42 Å². The monoisotopic (exact) mass is 437 g/mol. The van der Waals surface area contributed by atoms with Crippen molar-refractivity contribution < 1.29 is 4.42 Å². The summed E-state index contributed by atoms with van der Waals surface area (Å²) >= 11 is 0. The van der Waals surface area contributed by atoms with Crippen molar-refractivity contribution in [1.82, 2.24) is 9.88 Å². The van der Waals surface area contributed by atoms with Crippen LogP contribution in [0.25, 0.3) is 0 Å². The quantitative estimate of drug-likeness (QED) is 0.507. The van der Waals surface area contributed by atoms with E-state index in [1.807, 2.05) is 14.1 Å². The number of rotatable bonds is 10. The minimum Gasteiger partial charge on any atom is -0.424 e. The summed E-state index contributed by atoms with van der Waals surface area (Å²) in [6, 6.07) is 11.0. The fourth-order valence-corrected chi connectivity index (χ4v) is 4.68. The van der Waals surface area contributed by atoms with Crippen molar-refractivity contribution in [1.29, 1.82) is 5.26 Å². The number of hydrogen-bond donors (Lipinski definition) is 1. The maximum Gasteiger partial charge on any atom is 0.232 e. The number of aromatic nitrogens is 1. The normalized spacial score (nSPS) is 19.5. The first-order valence-corrected chi connectivity index (χ1v) is 12.0. The SMILES string of the molecule is CCCCC1CCC(c2nc(C#N)c(NCC(c3ccc(N(C)C)cc3)N(C)C)o2)CC1. The van der Waals surface area contributed by atoms with Crippen molar-refractivity contribution in [2.45, 2.75) is 63.8 Å². The first-order valence-electron chi connectivity index (χ1n) is 12.0. The Morgan fingerprint density at radius 3 is 2.38 bits per heavy atom. The third kappa shape index (κ3) is 6.04. The molecule has 3 rings (SSSR count). The van der Waals surface area contributed by atoms with Gasteiger partial charge >= 0.3 is 0 Å². The van der Waals surface area contributed by atoms with Crippen LogP contribution < -0.4 is 10.2 Å². The fourth-order valence-electron chi connectivity index (χ4n) is 4.68. The van der Waals surface area contributed by atoms with E-state index in [9.17, 15) is 5.26 Å². The molecule has 0 aliphatic heterocycles. The van der Waals surface area contributed by atoms with Gasteiger partial charge in [-0.15, -0.1) is 0 Å². The van der Waals surface area contributed by atoms with Gasteiger partial charge in [0.25, 0.3) is 0 Å². The Morgan fingerprint density at radius 2 is 1.81 bits per heavy atom. The molecule has 6 heteroatoms. The summed E-state index contributed by atoms with van der Waals surface area (Å²) < 4.78 is 6.11. The number of likely N-dealkylation sites (N-methyl/N-ethyl adjacent to an activating group) is 1. The van der Waals surface area contributed by atoms with Gasteiger partial charge in [0, 0.05) is 32.2 Å². The molecule has 32 heavy (non-hydrogen) atoms. The molecular weight excluding hydrogens is 398 g/mol. The first kappa shape index (κ1) is 24.1. The van der Waals surface area contributed by atoms with Crippen LogP contribution in [0.4, 0.5) is 11.6 Å². The van der Waals surface area contributed by atoms with E-state index in [0.29, 0.717) is 24.0 Å². The molecule has 1 aromatic heterocycles. The second-order valence-corrected chi connectivity index (χ2v) is 9.55. The van der Waals surface area contributed by atoms with Crippen molar-refractivity contribution in [2.75, 3.05) is 45.0 Å². The summed E-state index contributed by atoms with van der Waals surface area (Å²) in [6.07, 6.45) is 8.63. The summed E-state index contributed by atoms with van der Waals surface area (Å²) in [4.78, 5) is 8.83. The van der Waals surface area contributed by atoms with Crippen LogP contribution in [0.3, 0.4) is 0 Å². The Kier molecular flexibility index (Phi) is 8.58. The number of anilines is 2. The molecule has 0 bridgehead atoms. The molecule has 6 nitrogen and oxygen atoms in total. The van der Waals surface area contributed by atoms with Gasteiger partial charge in [0.15, 0.2) is 0 Å². The zero-order valence-electron chi connectivity index (χ0n) is 20.4. The largest absolute Gasteiger partial charge is 0.424 e. The van der Waals surface area contributed by atoms with Crippen LogP contribution >= 0.6 is 0 Å². The highest BCUT2D eigenvalue weighted by Crippen LogP contribution is 2.38. The second-order valence-electron chi connectivity index (χ2n) is 9.55. The Hall–Kier alpha value is -2.52. The number of nitriles is 1. The van der Waals surface area contributed by atoms with Crippen molar-refractivity contribution in [3.8, 4) is 6.07 Å². The highest BCUT2D eigenvalue weighted by atomic mass is 16.4. The van der Waals surface area contributed by atoms with Crippen molar-refractivity contribution >= 4 is 11.6 Å². The number of nitrogens with one attached hydrogen (secondary N) is 1. The zero-order chi connectivity index (χ0) is 23.1. The maximum atomic E-state index is 9.62. The standard InChI is InChI=1S/C26H39N5O/c1-6-7-8-19-9-11-21(12-10-19)25-29-23(17-27)26(32-25)28-18-24(31(4)5)20-13-15-22(16-14-20)30(2)3/h13-16,19,21,24,28H,6-12,18H2,1-5H3. The summed E-state index contributed by atoms with van der Waals surface area (Å²) in [6.45, 7) is 2.90. The van der Waals surface area contributed by atoms with Gasteiger partial charge in [-0.05, 0) is 63.4 Å². The van der Waals surface area contributed by atoms with E-state index in [2.05, 4.69) is 71.5 Å². The summed E-state index contributed by atoms with van der Waals surface area (Å²) in [7, 11) is 8.23. The smallest absolute Gasteiger partial charge is 0.232 e. The fraction of sp³-hybridized carbons (Fsp3) is 0.615. The highest BCUT2D eigenvalue weighted by Gasteiger charge is 2.27. The lowest BCUT2D eigenvalue weighted by Gasteiger charge is -2.26. The Balaban J connectivity index is 1.65. The molecule has 0 amide bonds. The highest BCUT2D eigenvalue weighted by molar-refractivity contribution is 5.48. The van der Waals surface area contributed by atoms with Crippen LogP contribution in [-0.4, -0.2) is 44.6 Å². The average Bonchev–Trinajstić information content (AvgIpc) is 3.21. The third-order valence-electron chi connectivity index (χ3n) is 6.79. The summed E-state index contributed by atoms with van der Waals surface area (Å²) in [5.41, 5.74) is 2.76. The minimum atomic E-state index is 0.153. The maximum absolute atomic E-state index is 9.62. The lowest BCUT2D eigenvalue weighted by Crippen LogP contribution is -2.27. The zero-order valence-corrected chi connectivity index (χ0v) is 20.4. The van der Waals surface area contributed by atoms with Crippen LogP contribution in [0.5, 0.6) is 0 Å². The van der Waals surface area contributed by atoms with Gasteiger partial charge in [0.1, 0.15) is 6.07 Å². The molecule has 1 fully saturated rings. The lowest BCUT2D eigenvalue weighted by molar-refractivity contribution is 0.277. The van der Waals surface area contributed by atoms with Crippen LogP contribution in [0.15, 0.2) is 28.7 Å². The minimum absolute atomic E-state index is 0.153. The third-order valence-corrected chi connectivity index (χ3v) is 6.79. The van der Waals surface area contributed by atoms with Gasteiger partial charge in [0.2, 0.25) is 17.5 Å². The van der Waals surface area contributed by atoms with Crippen LogP contribution in [0.2, 0.25) is 0 Å². The molecule has 1 heterocycles. The number of unbranched alkanes of at least 4 members (excludes halogenated alkanes) is 1. The van der Waals surface area contributed by atoms with Crippen molar-refractivity contribution in [2.24, 2.45) is 5.92 Å². The van der Waals surface area contributed by atoms with E-state index in [-0.39, 0.29) is 6.04 Å². The number of nitrogens with zero attached hydrogens (tertiary/aromatic N) is 4. The van der Waals surface area contributed by atoms with Gasteiger partial charge in [0.05, 0.1) is 6.04 Å². The molecule has 2 aromatic rings. The van der Waals surface area contributed by atoms with Gasteiger partial charge in [-0.25, -0.2) is 4.98 Å². The Bertz CT molecular complexity index is 873. The van der Waals surface area contributed by atoms with E-state index < -0.39 is 0 Å². The molecule has 1 aromatic carbocycles. The van der Waals surface area contributed by atoms with Crippen LogP contribution in [0, 0.1) is 17.2 Å². The van der Waals surface area contributed by atoms with E-state index >= 15 is 0 Å². The first-order chi connectivity index (χ1) is 15.4. The van der Waals surface area contributed by atoms with Crippen LogP contribution in [0.1, 0.15) is 81.0 Å². The molecule has 1 atom stereocenters. The molecule has 0 spiro atoms. The molecule has 1 unspecified atom stereocenters. The molecule has 174 valence electrons. The Morgan fingerprint density at radius 1 is 1.12 bits per heavy atom. The van der Waals surface area contributed by atoms with E-state index in [1.54, 1.807) is 0 Å². The molecule has 1 aliphatic rings. The van der Waals surface area contributed by atoms with Gasteiger partial charge in [-0.1, -0.05) is 38.3 Å². The molecule has 1 aliphatic carbocycles. The molecule has 0 radical (unpaired) electrons. The van der Waals surface area contributed by atoms with E-state index in [1.165, 1.54) is 43.4 Å². The predicted octanol–water partition coefficient (Wildman–Crippen LogP) is 5.79. The van der Waals surface area contributed by atoms with Crippen molar-refractivity contribution in [3.63, 3.8) is 0 Å². The van der Waals surface area contributed by atoms with Gasteiger partial charge < -0.3 is 19.5 Å². The molecule has 1 saturated carbocycles. The van der Waals surface area contributed by atoms with E-state index in [0.717, 1.165) is 24.7 Å². The van der Waals surface area contributed by atoms with Crippen LogP contribution in [-0.2, 0) is 0 Å². The van der Waals surface area contributed by atoms with Crippen molar-refractivity contribution in [3.05, 3.63) is 41.4 Å². The molecular formula is C26H39N5O. The number of benzene rings is 1. The summed E-state index contributed by atoms with van der Waals surface area (Å²) in [5, 5.41) is 13.0. The summed E-state index contributed by atoms with van der Waals surface area (Å²) in [5.74, 6) is 2.41.